The fraction of sp³-hybridized carbons (Fsp3) is 0.312. The molecule has 0 aliphatic rings. The minimum Gasteiger partial charge on any atom is -0.480 e. The molecular weight excluding hydrogens is 284 g/mol. The van der Waals surface area contributed by atoms with Crippen molar-refractivity contribution in [3.8, 4) is 0 Å². The number of carboxylic acid groups (broad SMARTS) is 1. The van der Waals surface area contributed by atoms with Crippen LogP contribution in [-0.2, 0) is 4.79 Å². The number of aromatic amines is 1. The number of aliphatic carboxylic acids is 1. The number of carboxylic acids is 1. The van der Waals surface area contributed by atoms with E-state index in [4.69, 9.17) is 5.11 Å². The van der Waals surface area contributed by atoms with Gasteiger partial charge in [-0.15, -0.1) is 0 Å². The molecule has 116 valence electrons. The fourth-order valence-electron chi connectivity index (χ4n) is 2.27. The molecule has 0 bridgehead atoms. The van der Waals surface area contributed by atoms with E-state index in [2.05, 4.69) is 4.98 Å². The highest BCUT2D eigenvalue weighted by atomic mass is 16.4. The molecule has 0 radical (unpaired) electrons. The first kappa shape index (κ1) is 15.8. The zero-order valence-electron chi connectivity index (χ0n) is 12.5. The number of benzene rings is 1. The van der Waals surface area contributed by atoms with Gasteiger partial charge in [0.1, 0.15) is 12.2 Å². The van der Waals surface area contributed by atoms with Crippen molar-refractivity contribution in [3.63, 3.8) is 0 Å². The lowest BCUT2D eigenvalue weighted by Crippen LogP contribution is -2.42. The van der Waals surface area contributed by atoms with Gasteiger partial charge in [-0.3, -0.25) is 14.4 Å². The number of fused-ring (bicyclic) bond motifs is 1. The summed E-state index contributed by atoms with van der Waals surface area (Å²) in [5.74, 6) is -1.57. The Morgan fingerprint density at radius 1 is 1.32 bits per heavy atom. The number of nitrogens with one attached hydrogen (secondary N) is 1. The molecule has 0 aliphatic heterocycles. The first-order valence-corrected chi connectivity index (χ1v) is 7.08. The van der Waals surface area contributed by atoms with Crippen LogP contribution in [0.5, 0.6) is 0 Å². The van der Waals surface area contributed by atoms with Crippen molar-refractivity contribution in [2.24, 2.45) is 0 Å². The molecule has 22 heavy (non-hydrogen) atoms. The largest absolute Gasteiger partial charge is 0.480 e. The van der Waals surface area contributed by atoms with Crippen molar-refractivity contribution in [3.05, 3.63) is 46.4 Å². The number of hydrogen-bond acceptors (Lipinski definition) is 3. The summed E-state index contributed by atoms with van der Waals surface area (Å²) in [4.78, 5) is 39.4. The number of pyridine rings is 1. The lowest BCUT2D eigenvalue weighted by Gasteiger charge is -2.26. The highest BCUT2D eigenvalue weighted by Gasteiger charge is 2.24. The van der Waals surface area contributed by atoms with Crippen LogP contribution in [0.3, 0.4) is 0 Å². The average molecular weight is 302 g/mol. The first-order chi connectivity index (χ1) is 10.4. The quantitative estimate of drug-likeness (QED) is 0.882. The summed E-state index contributed by atoms with van der Waals surface area (Å²) in [5.41, 5.74) is -0.258. The van der Waals surface area contributed by atoms with Crippen LogP contribution in [0.2, 0.25) is 0 Å². The lowest BCUT2D eigenvalue weighted by molar-refractivity contribution is -0.138. The van der Waals surface area contributed by atoms with Gasteiger partial charge in [0.2, 0.25) is 0 Å². The van der Waals surface area contributed by atoms with E-state index in [-0.39, 0.29) is 17.3 Å². The van der Waals surface area contributed by atoms with Gasteiger partial charge in [0.05, 0.1) is 0 Å². The summed E-state index contributed by atoms with van der Waals surface area (Å²) < 4.78 is 0. The van der Waals surface area contributed by atoms with E-state index in [9.17, 15) is 14.4 Å². The molecule has 2 N–H and O–H groups in total. The zero-order chi connectivity index (χ0) is 16.3. The minimum atomic E-state index is -1.09. The maximum Gasteiger partial charge on any atom is 0.323 e. The minimum absolute atomic E-state index is 0.102. The molecule has 1 atom stereocenters. The average Bonchev–Trinajstić information content (AvgIpc) is 2.51. The third-order valence-electron chi connectivity index (χ3n) is 3.67. The van der Waals surface area contributed by atoms with E-state index >= 15 is 0 Å². The number of hydrogen-bond donors (Lipinski definition) is 2. The third-order valence-corrected chi connectivity index (χ3v) is 3.67. The molecule has 0 fully saturated rings. The monoisotopic (exact) mass is 302 g/mol. The van der Waals surface area contributed by atoms with E-state index in [1.54, 1.807) is 37.3 Å². The summed E-state index contributed by atoms with van der Waals surface area (Å²) in [6, 6.07) is 8.28. The van der Waals surface area contributed by atoms with E-state index in [0.29, 0.717) is 17.2 Å². The summed E-state index contributed by atoms with van der Waals surface area (Å²) >= 11 is 0. The predicted molar refractivity (Wildman–Crippen MR) is 83.0 cm³/mol. The molecule has 1 unspecified atom stereocenters. The molecule has 0 aliphatic carbocycles. The Morgan fingerprint density at radius 2 is 2.00 bits per heavy atom. The van der Waals surface area contributed by atoms with Crippen molar-refractivity contribution < 1.29 is 14.7 Å². The molecule has 1 aromatic carbocycles. The van der Waals surface area contributed by atoms with Gasteiger partial charge < -0.3 is 15.0 Å². The zero-order valence-corrected chi connectivity index (χ0v) is 12.5. The van der Waals surface area contributed by atoms with Crippen molar-refractivity contribution in [2.75, 3.05) is 6.54 Å². The van der Waals surface area contributed by atoms with Crippen LogP contribution in [0.25, 0.3) is 10.8 Å². The van der Waals surface area contributed by atoms with Gasteiger partial charge in [-0.1, -0.05) is 25.1 Å². The first-order valence-electron chi connectivity index (χ1n) is 7.08. The number of nitrogens with zero attached hydrogens (tertiary/aromatic N) is 1. The van der Waals surface area contributed by atoms with Crippen molar-refractivity contribution in [1.82, 2.24) is 9.88 Å². The van der Waals surface area contributed by atoms with Gasteiger partial charge in [-0.05, 0) is 30.9 Å². The van der Waals surface area contributed by atoms with Gasteiger partial charge in [0.15, 0.2) is 0 Å². The summed E-state index contributed by atoms with van der Waals surface area (Å²) in [6.45, 7) is 3.25. The predicted octanol–water partition coefficient (Wildman–Crippen LogP) is 1.85. The Balaban J connectivity index is 2.46. The molecular formula is C16H18N2O4. The van der Waals surface area contributed by atoms with Crippen LogP contribution < -0.4 is 5.56 Å². The molecule has 0 saturated heterocycles. The van der Waals surface area contributed by atoms with E-state index in [0.717, 1.165) is 0 Å². The Labute approximate surface area is 127 Å². The number of carbonyl (C=O) groups is 2. The second-order valence-electron chi connectivity index (χ2n) is 5.18. The van der Waals surface area contributed by atoms with Crippen LogP contribution >= 0.6 is 0 Å². The maximum atomic E-state index is 12.6. The fourth-order valence-corrected chi connectivity index (χ4v) is 2.27. The number of carbonyl (C=O) groups excluding carboxylic acids is 1. The standard InChI is InChI=1S/C16H18N2O4/c1-3-10(2)18(9-14(19)20)16(22)13-8-11-6-4-5-7-12(11)15(21)17-13/h4-8,10H,3,9H2,1-2H3,(H,17,21)(H,19,20). The number of H-pyrrole nitrogens is 1. The number of aromatic nitrogens is 1. The molecule has 0 spiro atoms. The molecule has 6 nitrogen and oxygen atoms in total. The van der Waals surface area contributed by atoms with Crippen molar-refractivity contribution in [2.45, 2.75) is 26.3 Å². The highest BCUT2D eigenvalue weighted by Crippen LogP contribution is 2.13. The molecule has 2 rings (SSSR count). The van der Waals surface area contributed by atoms with Gasteiger partial charge in [-0.25, -0.2) is 0 Å². The maximum absolute atomic E-state index is 12.6. The summed E-state index contributed by atoms with van der Waals surface area (Å²) in [6.07, 6.45) is 0.622. The molecule has 1 heterocycles. The van der Waals surface area contributed by atoms with E-state index in [1.807, 2.05) is 6.92 Å². The lowest BCUT2D eigenvalue weighted by atomic mass is 10.1. The van der Waals surface area contributed by atoms with Crippen molar-refractivity contribution in [1.29, 1.82) is 0 Å². The number of rotatable bonds is 5. The van der Waals surface area contributed by atoms with Crippen LogP contribution in [0.1, 0.15) is 30.8 Å². The molecule has 1 aromatic heterocycles. The van der Waals surface area contributed by atoms with Crippen LogP contribution in [0.15, 0.2) is 35.1 Å². The molecule has 0 saturated carbocycles. The van der Waals surface area contributed by atoms with Crippen LogP contribution in [0, 0.1) is 0 Å². The van der Waals surface area contributed by atoms with Crippen LogP contribution in [-0.4, -0.2) is 39.5 Å². The Morgan fingerprint density at radius 3 is 2.64 bits per heavy atom. The summed E-state index contributed by atoms with van der Waals surface area (Å²) in [5, 5.41) is 10.1. The van der Waals surface area contributed by atoms with E-state index in [1.165, 1.54) is 4.90 Å². The molecule has 6 heteroatoms. The second-order valence-corrected chi connectivity index (χ2v) is 5.18. The Bertz CT molecular complexity index is 766. The van der Waals surface area contributed by atoms with Gasteiger partial charge in [0, 0.05) is 11.4 Å². The summed E-state index contributed by atoms with van der Waals surface area (Å²) in [7, 11) is 0. The smallest absolute Gasteiger partial charge is 0.323 e. The normalized spacial score (nSPS) is 12.1. The number of amides is 1. The van der Waals surface area contributed by atoms with Gasteiger partial charge in [0.25, 0.3) is 11.5 Å². The van der Waals surface area contributed by atoms with Gasteiger partial charge in [-0.2, -0.15) is 0 Å². The Hall–Kier alpha value is -2.63. The van der Waals surface area contributed by atoms with Crippen LogP contribution in [0.4, 0.5) is 0 Å². The second kappa shape index (κ2) is 6.43. The van der Waals surface area contributed by atoms with Gasteiger partial charge >= 0.3 is 5.97 Å². The highest BCUT2D eigenvalue weighted by molar-refractivity contribution is 5.97. The van der Waals surface area contributed by atoms with E-state index < -0.39 is 18.4 Å². The molecule has 1 amide bonds. The third kappa shape index (κ3) is 3.16. The molecule has 2 aromatic rings. The SMILES string of the molecule is CCC(C)N(CC(=O)O)C(=O)c1cc2ccccc2c(=O)[nH]1. The topological polar surface area (TPSA) is 90.5 Å². The Kier molecular flexibility index (Phi) is 4.60. The van der Waals surface area contributed by atoms with Crippen molar-refractivity contribution >= 4 is 22.6 Å².